The van der Waals surface area contributed by atoms with Gasteiger partial charge >= 0.3 is 0 Å². The molecule has 6 aliphatic rings. The maximum atomic E-state index is 14.8. The fourth-order valence-electron chi connectivity index (χ4n) is 18.8. The third kappa shape index (κ3) is 20.7. The third-order valence-corrected chi connectivity index (χ3v) is 32.4. The Morgan fingerprint density at radius 1 is 0.411 bits per heavy atom. The number of fused-ring (bicyclic) bond motifs is 7. The molecule has 0 saturated carbocycles. The molecule has 16 heterocycles. The van der Waals surface area contributed by atoms with Crippen molar-refractivity contribution in [3.63, 3.8) is 0 Å². The zero-order valence-corrected chi connectivity index (χ0v) is 82.2. The summed E-state index contributed by atoms with van der Waals surface area (Å²) in [6, 6.07) is 0. The maximum absolute atomic E-state index is 14.8. The summed E-state index contributed by atoms with van der Waals surface area (Å²) in [6.45, 7) is 38.3. The fourth-order valence-corrected chi connectivity index (χ4v) is 27.7. The second-order valence-corrected chi connectivity index (χ2v) is 61.4. The van der Waals surface area contributed by atoms with Crippen LogP contribution in [0.4, 0.5) is 4.39 Å². The molecule has 45 heteroatoms. The van der Waals surface area contributed by atoms with Gasteiger partial charge in [-0.25, -0.2) is 54.2 Å². The number of imidazole rings is 5. The Bertz CT molecular complexity index is 6160. The number of alkyl halides is 1. The number of aryl methyl sites for hydroxylation is 5. The van der Waals surface area contributed by atoms with Crippen LogP contribution in [0.2, 0.25) is 0 Å². The van der Waals surface area contributed by atoms with E-state index in [2.05, 4.69) is 180 Å². The van der Waals surface area contributed by atoms with E-state index >= 15 is 0 Å². The number of aromatic amines is 5. The van der Waals surface area contributed by atoms with Gasteiger partial charge in [0.05, 0.1) is 62.2 Å². The summed E-state index contributed by atoms with van der Waals surface area (Å²) in [5.74, 6) is 2.33. The van der Waals surface area contributed by atoms with Crippen molar-refractivity contribution in [2.24, 2.45) is 29.6 Å². The first-order valence-electron chi connectivity index (χ1n) is 42.6. The van der Waals surface area contributed by atoms with Crippen LogP contribution >= 0.6 is 34.4 Å². The maximum Gasteiger partial charge on any atom is 0.279 e. The molecule has 712 valence electrons. The molecule has 10 aromatic heterocycles. The molecule has 0 amide bonds. The summed E-state index contributed by atoms with van der Waals surface area (Å²) < 4.78 is 58.9. The monoisotopic (exact) mass is 1900 g/mol. The number of ether oxygens (including phenoxy) is 6. The summed E-state index contributed by atoms with van der Waals surface area (Å²) in [7, 11) is 0. The Hall–Kier alpha value is -7.38. The second kappa shape index (κ2) is 36.8. The highest BCUT2D eigenvalue weighted by molar-refractivity contribution is 7.73. The standard InChI is InChI=1S/C17H25N4O4P.3C17H27N4O4P.C16H24FN4O3P/c1-9(6-26(3,4)5)17-7-24-12(13(17)22)16(25-17)21-8-18-11-14(21)19-10(2)20-15(11)23;1-9(7-26(4,5)6)17(3)13(23)12(22)16(25-17)21-8-18-11-14(21)19-10(2)20-15(11)24;2*1-9(7-26(4,5)6)12-13(22)17(3,24)16(25-12)21-8-18-11-14(21)19-10(2)20-15(11)23;1-8(6-25(3,4)5)13-12(22)10(17)16(24-13)21-7-18-11-14(21)19-9(2)20-15(11)23/h8-9,12-13,16,22H,3,6-7H2,1-2,4-5H3,(H,19,20,23);8-9,12-13,16,22-23H,4,7H2,1-3,5-6H3,(H,19,20,24);2*8-9,12-13,16,22,24H,4,7H2,1-3,5-6H3,(H,19,20,23);7-8,10,12-13,16,22H,3,6H2,1-2,4-5H3,(H,19,20,23)/t2*9?,12-,13+,16-,17-;9?,12-,13-,16-,17+;9?,12-,13-,16-,17-;8?,10-,12+,13-,16-/m11111/s1. The minimum Gasteiger partial charge on any atom is -0.387 e. The molecule has 129 heavy (non-hydrogen) atoms. The molecule has 5 unspecified atom stereocenters. The lowest BCUT2D eigenvalue weighted by atomic mass is 9.86. The molecule has 2 bridgehead atoms. The van der Waals surface area contributed by atoms with E-state index in [0.29, 0.717) is 58.3 Å². The molecule has 13 N–H and O–H groups in total. The van der Waals surface area contributed by atoms with Gasteiger partial charge in [-0.05, 0) is 182 Å². The van der Waals surface area contributed by atoms with E-state index < -0.39 is 155 Å². The van der Waals surface area contributed by atoms with Crippen molar-refractivity contribution in [3.8, 4) is 0 Å². The van der Waals surface area contributed by atoms with Crippen LogP contribution in [-0.4, -0.2) is 364 Å². The number of nitrogens with zero attached hydrogens (tertiary/aromatic N) is 15. The topological polar surface area (TPSA) is 535 Å². The lowest BCUT2D eigenvalue weighted by Crippen LogP contribution is -2.47. The highest BCUT2D eigenvalue weighted by atomic mass is 31.2. The van der Waals surface area contributed by atoms with E-state index in [0.717, 1.165) is 30.8 Å². The van der Waals surface area contributed by atoms with Crippen LogP contribution in [0.25, 0.3) is 55.8 Å². The van der Waals surface area contributed by atoms with Crippen LogP contribution in [0.1, 0.15) is 116 Å². The number of nitrogens with one attached hydrogen (secondary N) is 5. The Morgan fingerprint density at radius 2 is 0.705 bits per heavy atom. The minimum atomic E-state index is -1.63. The molecule has 10 aromatic rings. The molecule has 25 atom stereocenters. The number of hydrogen-bond donors (Lipinski definition) is 13. The number of aromatic nitrogens is 20. The first kappa shape index (κ1) is 101. The summed E-state index contributed by atoms with van der Waals surface area (Å²) in [6.07, 6.45) is 17.9. The van der Waals surface area contributed by atoms with E-state index in [-0.39, 0.29) is 90.6 Å². The largest absolute Gasteiger partial charge is 0.387 e. The molecule has 6 aliphatic heterocycles. The molecule has 6 fully saturated rings. The Morgan fingerprint density at radius 3 is 1.04 bits per heavy atom. The van der Waals surface area contributed by atoms with Crippen molar-refractivity contribution in [2.75, 3.05) is 104 Å². The summed E-state index contributed by atoms with van der Waals surface area (Å²) >= 11 is 0. The van der Waals surface area contributed by atoms with Crippen LogP contribution in [-0.2, 0) is 28.4 Å². The van der Waals surface area contributed by atoms with Gasteiger partial charge in [0, 0.05) is 0 Å². The van der Waals surface area contributed by atoms with Crippen molar-refractivity contribution in [2.45, 2.75) is 211 Å². The van der Waals surface area contributed by atoms with Crippen molar-refractivity contribution >= 4 is 122 Å². The molecule has 0 spiro atoms. The molecular formula is C84H130FN20O19P5. The van der Waals surface area contributed by atoms with Gasteiger partial charge < -0.3 is 94.2 Å². The van der Waals surface area contributed by atoms with Crippen molar-refractivity contribution in [1.82, 2.24) is 97.6 Å². The smallest absolute Gasteiger partial charge is 0.279 e. The summed E-state index contributed by atoms with van der Waals surface area (Å²) in [5, 5.41) is 86.0. The van der Waals surface area contributed by atoms with E-state index in [9.17, 15) is 69.2 Å². The zero-order valence-electron chi connectivity index (χ0n) is 77.7. The first-order chi connectivity index (χ1) is 59.5. The number of hydrogen-bond acceptors (Lipinski definition) is 29. The van der Waals surface area contributed by atoms with Gasteiger partial charge in [0.1, 0.15) is 88.7 Å². The Kier molecular flexibility index (Phi) is 28.7. The molecule has 6 saturated heterocycles. The average Bonchev–Trinajstić information content (AvgIpc) is 1.56. The van der Waals surface area contributed by atoms with Gasteiger partial charge in [-0.3, -0.25) is 46.8 Å². The quantitative estimate of drug-likeness (QED) is 0.0466. The second-order valence-electron chi connectivity index (χ2n) is 40.2. The van der Waals surface area contributed by atoms with Crippen LogP contribution in [0.5, 0.6) is 0 Å². The predicted molar refractivity (Wildman–Crippen MR) is 509 cm³/mol. The Labute approximate surface area is 746 Å². The molecule has 39 nitrogen and oxygen atoms in total. The van der Waals surface area contributed by atoms with Gasteiger partial charge in [0.25, 0.3) is 27.8 Å². The summed E-state index contributed by atoms with van der Waals surface area (Å²) in [4.78, 5) is 115. The van der Waals surface area contributed by atoms with Crippen LogP contribution in [0.15, 0.2) is 55.6 Å². The lowest BCUT2D eigenvalue weighted by Gasteiger charge is -2.37. The predicted octanol–water partition coefficient (Wildman–Crippen LogP) is 4.52. The fraction of sp³-hybridized carbons (Fsp3) is 0.643. The van der Waals surface area contributed by atoms with Gasteiger partial charge in [0.2, 0.25) is 0 Å². The van der Waals surface area contributed by atoms with E-state index in [1.807, 2.05) is 34.6 Å². The SMILES string of the molecule is C=P(C)(C)CC(C)[C@@]1(C)O[C@@H](n2cnc3c(=O)[nH]c(C)nc32)[C@H](O)[C@@H]1O.C=P(C)(C)CC(C)[C@@]12CO[C@@H]([C@H](n3cnc4c(=O)[nH]c(C)nc43)O1)[C@@H]2O.C=P(C)(C)CC(C)[C@H]1O[C@@H](n2cnc3c(=O)[nH]c(C)nc32)[C@@](C)(O)[C@@H]1O.C=P(C)(C)CC(C)[C@H]1O[C@@H](n2cnc3c(=O)[nH]c(C)nc32)[C@H](F)[C@@H]1O.C=P(C)(C)CC(C)[C@H]1O[C@@H](n2cnc3c(=O)[nH]c(C)nc32)[C@](C)(O)[C@@H]1O. The van der Waals surface area contributed by atoms with Crippen molar-refractivity contribution in [1.29, 1.82) is 0 Å². The lowest BCUT2D eigenvalue weighted by molar-refractivity contribution is -0.187. The molecule has 0 aromatic carbocycles. The number of H-pyrrole nitrogens is 5. The molecule has 16 rings (SSSR count). The van der Waals surface area contributed by atoms with Crippen LogP contribution in [0, 0.1) is 64.2 Å². The highest BCUT2D eigenvalue weighted by Gasteiger charge is 2.65. The van der Waals surface area contributed by atoms with E-state index in [4.69, 9.17) is 28.4 Å². The van der Waals surface area contributed by atoms with Crippen molar-refractivity contribution in [3.05, 3.63) is 113 Å². The summed E-state index contributed by atoms with van der Waals surface area (Å²) in [5.41, 5.74) is -3.97. The van der Waals surface area contributed by atoms with E-state index in [1.54, 1.807) is 39.2 Å². The normalized spacial score (nSPS) is 30.7. The third-order valence-electron chi connectivity index (χ3n) is 24.6. The van der Waals surface area contributed by atoms with Gasteiger partial charge in [-0.1, -0.05) is 34.6 Å². The van der Waals surface area contributed by atoms with Crippen molar-refractivity contribution < 1.29 is 73.7 Å². The van der Waals surface area contributed by atoms with Gasteiger partial charge in [0.15, 0.2) is 93.1 Å². The van der Waals surface area contributed by atoms with Gasteiger partial charge in [-0.2, -0.15) is 0 Å². The minimum absolute atomic E-state index is 0.00846. The number of aliphatic hydroxyl groups is 8. The van der Waals surface area contributed by atoms with Gasteiger partial charge in [-0.15, -0.1) is 65.9 Å². The van der Waals surface area contributed by atoms with Crippen LogP contribution in [0.3, 0.4) is 0 Å². The zero-order chi connectivity index (χ0) is 95.7. The average molecular weight is 1900 g/mol. The first-order valence-corrected chi connectivity index (χ1v) is 57.9. The number of halogens is 1. The highest BCUT2D eigenvalue weighted by Crippen LogP contribution is 2.55. The number of rotatable bonds is 20. The molecule has 0 radical (unpaired) electrons. The van der Waals surface area contributed by atoms with Crippen LogP contribution < -0.4 is 27.8 Å². The number of aliphatic hydroxyl groups excluding tert-OH is 6. The Balaban J connectivity index is 0.000000146. The van der Waals surface area contributed by atoms with E-state index in [1.165, 1.54) is 63.8 Å². The molecule has 0 aliphatic carbocycles. The molecular weight excluding hydrogens is 1770 g/mol.